The Morgan fingerprint density at radius 2 is 1.62 bits per heavy atom. The van der Waals surface area contributed by atoms with Gasteiger partial charge in [0, 0.05) is 32.1 Å². The van der Waals surface area contributed by atoms with Gasteiger partial charge in [-0.2, -0.15) is 0 Å². The van der Waals surface area contributed by atoms with Crippen LogP contribution in [0.4, 0.5) is 5.69 Å². The van der Waals surface area contributed by atoms with Crippen LogP contribution in [0.2, 0.25) is 0 Å². The minimum absolute atomic E-state index is 0.0763. The number of nitrogens with one attached hydrogen (secondary N) is 3. The van der Waals surface area contributed by atoms with Gasteiger partial charge in [-0.1, -0.05) is 56.3 Å². The zero-order chi connectivity index (χ0) is 24.3. The Morgan fingerprint density at radius 1 is 0.941 bits per heavy atom. The van der Waals surface area contributed by atoms with Crippen molar-refractivity contribution in [2.45, 2.75) is 45.6 Å². The van der Waals surface area contributed by atoms with E-state index in [0.29, 0.717) is 30.1 Å². The molecule has 182 valence electrons. The topological polar surface area (TPSA) is 90.5 Å². The minimum atomic E-state index is -0.187. The number of benzene rings is 2. The van der Waals surface area contributed by atoms with Gasteiger partial charge in [0.1, 0.15) is 0 Å². The lowest BCUT2D eigenvalue weighted by Gasteiger charge is -2.32. The summed E-state index contributed by atoms with van der Waals surface area (Å²) in [7, 11) is 0. The summed E-state index contributed by atoms with van der Waals surface area (Å²) in [4.78, 5) is 39.5. The Hall–Kier alpha value is -3.19. The van der Waals surface area contributed by atoms with Gasteiger partial charge in [-0.05, 0) is 42.9 Å². The number of para-hydroxylation sites is 1. The first-order chi connectivity index (χ1) is 16.4. The number of hydrogen-bond acceptors (Lipinski definition) is 4. The average Bonchev–Trinajstić information content (AvgIpc) is 2.83. The van der Waals surface area contributed by atoms with Crippen molar-refractivity contribution in [2.24, 2.45) is 5.92 Å². The number of amides is 3. The Bertz CT molecular complexity index is 953. The van der Waals surface area contributed by atoms with E-state index in [1.165, 1.54) is 0 Å². The number of piperidine rings is 1. The number of rotatable bonds is 10. The SMILES string of the molecule is CC(C)CNC(=O)c1ccccc1NC(=O)CN1CCC(NC(=O)CCc2ccccc2)CC1. The zero-order valence-corrected chi connectivity index (χ0v) is 20.2. The van der Waals surface area contributed by atoms with Crippen molar-refractivity contribution in [1.29, 1.82) is 0 Å². The second-order valence-corrected chi connectivity index (χ2v) is 9.30. The lowest BCUT2D eigenvalue weighted by Crippen LogP contribution is -2.46. The monoisotopic (exact) mass is 464 g/mol. The first-order valence-corrected chi connectivity index (χ1v) is 12.1. The Labute approximate surface area is 202 Å². The third kappa shape index (κ3) is 8.30. The van der Waals surface area contributed by atoms with Gasteiger partial charge in [0.25, 0.3) is 5.91 Å². The minimum Gasteiger partial charge on any atom is -0.353 e. The highest BCUT2D eigenvalue weighted by atomic mass is 16.2. The quantitative estimate of drug-likeness (QED) is 0.504. The molecule has 3 amide bonds. The molecule has 0 bridgehead atoms. The summed E-state index contributed by atoms with van der Waals surface area (Å²) < 4.78 is 0. The smallest absolute Gasteiger partial charge is 0.253 e. The fourth-order valence-electron chi connectivity index (χ4n) is 4.01. The molecule has 34 heavy (non-hydrogen) atoms. The highest BCUT2D eigenvalue weighted by molar-refractivity contribution is 6.04. The summed E-state index contributed by atoms with van der Waals surface area (Å²) in [6.45, 7) is 6.40. The van der Waals surface area contributed by atoms with E-state index in [4.69, 9.17) is 0 Å². The fourth-order valence-corrected chi connectivity index (χ4v) is 4.01. The number of likely N-dealkylation sites (tertiary alicyclic amines) is 1. The number of nitrogens with zero attached hydrogens (tertiary/aromatic N) is 1. The summed E-state index contributed by atoms with van der Waals surface area (Å²) in [6, 6.07) is 17.2. The van der Waals surface area contributed by atoms with Crippen LogP contribution in [0.1, 0.15) is 49.0 Å². The van der Waals surface area contributed by atoms with Gasteiger partial charge in [0.2, 0.25) is 11.8 Å². The molecule has 1 saturated heterocycles. The molecule has 3 N–H and O–H groups in total. The molecule has 0 saturated carbocycles. The predicted octanol–water partition coefficient (Wildman–Crippen LogP) is 3.22. The van der Waals surface area contributed by atoms with Gasteiger partial charge in [0.15, 0.2) is 0 Å². The molecule has 3 rings (SSSR count). The molecular weight excluding hydrogens is 428 g/mol. The third-order valence-electron chi connectivity index (χ3n) is 5.92. The Kier molecular flexibility index (Phi) is 9.64. The molecule has 7 nitrogen and oxygen atoms in total. The van der Waals surface area contributed by atoms with E-state index in [1.54, 1.807) is 24.3 Å². The summed E-state index contributed by atoms with van der Waals surface area (Å²) >= 11 is 0. The maximum Gasteiger partial charge on any atom is 0.253 e. The summed E-state index contributed by atoms with van der Waals surface area (Å²) in [5.74, 6) is 0.0950. The van der Waals surface area contributed by atoms with Crippen molar-refractivity contribution in [3.63, 3.8) is 0 Å². The van der Waals surface area contributed by atoms with Gasteiger partial charge < -0.3 is 16.0 Å². The second kappa shape index (κ2) is 12.9. The van der Waals surface area contributed by atoms with Crippen molar-refractivity contribution < 1.29 is 14.4 Å². The van der Waals surface area contributed by atoms with E-state index in [1.807, 2.05) is 44.2 Å². The highest BCUT2D eigenvalue weighted by Crippen LogP contribution is 2.16. The molecule has 1 heterocycles. The van der Waals surface area contributed by atoms with E-state index in [-0.39, 0.29) is 30.3 Å². The summed E-state index contributed by atoms with van der Waals surface area (Å²) in [5, 5.41) is 8.92. The van der Waals surface area contributed by atoms with Crippen LogP contribution < -0.4 is 16.0 Å². The van der Waals surface area contributed by atoms with Crippen LogP contribution in [0.3, 0.4) is 0 Å². The molecule has 0 spiro atoms. The van der Waals surface area contributed by atoms with E-state index in [0.717, 1.165) is 37.9 Å². The highest BCUT2D eigenvalue weighted by Gasteiger charge is 2.22. The molecule has 1 aliphatic heterocycles. The Balaban J connectivity index is 1.40. The molecular formula is C27H36N4O3. The van der Waals surface area contributed by atoms with Crippen molar-refractivity contribution in [2.75, 3.05) is 31.5 Å². The van der Waals surface area contributed by atoms with Crippen LogP contribution >= 0.6 is 0 Å². The lowest BCUT2D eigenvalue weighted by molar-refractivity contribution is -0.122. The molecule has 0 radical (unpaired) electrons. The van der Waals surface area contributed by atoms with Crippen molar-refractivity contribution in [3.8, 4) is 0 Å². The standard InChI is InChI=1S/C27H36N4O3/c1-20(2)18-28-27(34)23-10-6-7-11-24(23)30-26(33)19-31-16-14-22(15-17-31)29-25(32)13-12-21-8-4-3-5-9-21/h3-11,20,22H,12-19H2,1-2H3,(H,28,34)(H,29,32)(H,30,33). The van der Waals surface area contributed by atoms with E-state index in [9.17, 15) is 14.4 Å². The molecule has 0 atom stereocenters. The zero-order valence-electron chi connectivity index (χ0n) is 20.2. The van der Waals surface area contributed by atoms with Crippen LogP contribution in [0.5, 0.6) is 0 Å². The molecule has 2 aromatic carbocycles. The van der Waals surface area contributed by atoms with Gasteiger partial charge >= 0.3 is 0 Å². The van der Waals surface area contributed by atoms with Crippen molar-refractivity contribution >= 4 is 23.4 Å². The molecule has 0 aromatic heterocycles. The molecule has 0 aliphatic carbocycles. The maximum absolute atomic E-state index is 12.6. The van der Waals surface area contributed by atoms with E-state index in [2.05, 4.69) is 20.9 Å². The summed E-state index contributed by atoms with van der Waals surface area (Å²) in [5.41, 5.74) is 2.15. The van der Waals surface area contributed by atoms with E-state index >= 15 is 0 Å². The maximum atomic E-state index is 12.6. The third-order valence-corrected chi connectivity index (χ3v) is 5.92. The first kappa shape index (κ1) is 25.4. The molecule has 1 aliphatic rings. The van der Waals surface area contributed by atoms with Gasteiger partial charge in [-0.25, -0.2) is 0 Å². The van der Waals surface area contributed by atoms with Gasteiger partial charge in [0.05, 0.1) is 17.8 Å². The Morgan fingerprint density at radius 3 is 2.32 bits per heavy atom. The number of anilines is 1. The van der Waals surface area contributed by atoms with Gasteiger partial charge in [-0.15, -0.1) is 0 Å². The summed E-state index contributed by atoms with van der Waals surface area (Å²) in [6.07, 6.45) is 2.86. The first-order valence-electron chi connectivity index (χ1n) is 12.1. The number of carbonyl (C=O) groups is 3. The molecule has 2 aromatic rings. The fraction of sp³-hybridized carbons (Fsp3) is 0.444. The molecule has 0 unspecified atom stereocenters. The van der Waals surface area contributed by atoms with Crippen LogP contribution in [0.15, 0.2) is 54.6 Å². The van der Waals surface area contributed by atoms with Crippen LogP contribution in [-0.4, -0.2) is 54.8 Å². The van der Waals surface area contributed by atoms with Crippen LogP contribution in [-0.2, 0) is 16.0 Å². The number of carbonyl (C=O) groups excluding carboxylic acids is 3. The van der Waals surface area contributed by atoms with Crippen molar-refractivity contribution in [3.05, 3.63) is 65.7 Å². The largest absolute Gasteiger partial charge is 0.353 e. The number of aryl methyl sites for hydroxylation is 1. The average molecular weight is 465 g/mol. The lowest BCUT2D eigenvalue weighted by atomic mass is 10.0. The molecule has 1 fully saturated rings. The van der Waals surface area contributed by atoms with Gasteiger partial charge in [-0.3, -0.25) is 19.3 Å². The number of hydrogen-bond donors (Lipinski definition) is 3. The van der Waals surface area contributed by atoms with Crippen LogP contribution in [0.25, 0.3) is 0 Å². The predicted molar refractivity (Wildman–Crippen MR) is 135 cm³/mol. The van der Waals surface area contributed by atoms with Crippen molar-refractivity contribution in [1.82, 2.24) is 15.5 Å². The van der Waals surface area contributed by atoms with E-state index < -0.39 is 0 Å². The molecule has 7 heteroatoms. The van der Waals surface area contributed by atoms with Crippen LogP contribution in [0, 0.1) is 5.92 Å². The normalized spacial score (nSPS) is 14.6. The second-order valence-electron chi connectivity index (χ2n) is 9.30.